The second kappa shape index (κ2) is 5.91. The first kappa shape index (κ1) is 13.7. The number of hydrogen-bond acceptors (Lipinski definition) is 3. The monoisotopic (exact) mass is 268 g/mol. The molecule has 0 saturated carbocycles. The van der Waals surface area contributed by atoms with Gasteiger partial charge in [0.05, 0.1) is 6.61 Å². The number of aliphatic hydroxyl groups is 1. The van der Waals surface area contributed by atoms with E-state index in [2.05, 4.69) is 30.0 Å². The second-order valence-electron chi connectivity index (χ2n) is 5.19. The first-order chi connectivity index (χ1) is 8.61. The Bertz CT molecular complexity index is 409. The fourth-order valence-corrected chi connectivity index (χ4v) is 2.86. The standard InChI is InChI=1S/C14H21ClN2O/c1-16(2)9-13-4-3-7-17(13)12-6-5-11(10-18)14(15)8-12/h5-6,8,13,18H,3-4,7,9-10H2,1-2H3. The van der Waals surface area contributed by atoms with Gasteiger partial charge in [0.2, 0.25) is 0 Å². The lowest BCUT2D eigenvalue weighted by Crippen LogP contribution is -2.37. The van der Waals surface area contributed by atoms with E-state index in [4.69, 9.17) is 16.7 Å². The molecule has 100 valence electrons. The van der Waals surface area contributed by atoms with Crippen LogP contribution in [0.25, 0.3) is 0 Å². The van der Waals surface area contributed by atoms with E-state index in [0.717, 1.165) is 18.7 Å². The lowest BCUT2D eigenvalue weighted by Gasteiger charge is -2.29. The Morgan fingerprint density at radius 1 is 1.44 bits per heavy atom. The van der Waals surface area contributed by atoms with Crippen LogP contribution in [0.4, 0.5) is 5.69 Å². The minimum Gasteiger partial charge on any atom is -0.392 e. The van der Waals surface area contributed by atoms with Crippen LogP contribution in [0.15, 0.2) is 18.2 Å². The highest BCUT2D eigenvalue weighted by atomic mass is 35.5. The Kier molecular flexibility index (Phi) is 4.49. The van der Waals surface area contributed by atoms with Gasteiger partial charge in [-0.25, -0.2) is 0 Å². The summed E-state index contributed by atoms with van der Waals surface area (Å²) in [5.41, 5.74) is 1.96. The third-order valence-corrected chi connectivity index (χ3v) is 3.84. The van der Waals surface area contributed by atoms with Gasteiger partial charge in [0.1, 0.15) is 0 Å². The molecule has 1 unspecified atom stereocenters. The second-order valence-corrected chi connectivity index (χ2v) is 5.59. The van der Waals surface area contributed by atoms with Gasteiger partial charge in [0, 0.05) is 29.8 Å². The van der Waals surface area contributed by atoms with E-state index in [0.29, 0.717) is 11.1 Å². The largest absolute Gasteiger partial charge is 0.392 e. The highest BCUT2D eigenvalue weighted by Crippen LogP contribution is 2.29. The van der Waals surface area contributed by atoms with Crippen LogP contribution in [-0.2, 0) is 6.61 Å². The molecule has 4 heteroatoms. The lowest BCUT2D eigenvalue weighted by molar-refractivity contribution is 0.282. The SMILES string of the molecule is CN(C)CC1CCCN1c1ccc(CO)c(Cl)c1. The maximum Gasteiger partial charge on any atom is 0.0696 e. The zero-order valence-corrected chi connectivity index (χ0v) is 11.8. The summed E-state index contributed by atoms with van der Waals surface area (Å²) in [7, 11) is 4.22. The molecule has 3 nitrogen and oxygen atoms in total. The number of anilines is 1. The third kappa shape index (κ3) is 2.97. The van der Waals surface area contributed by atoms with Crippen LogP contribution in [0.2, 0.25) is 5.02 Å². The molecule has 18 heavy (non-hydrogen) atoms. The summed E-state index contributed by atoms with van der Waals surface area (Å²) in [6, 6.07) is 6.52. The van der Waals surface area contributed by atoms with Crippen LogP contribution in [0.1, 0.15) is 18.4 Å². The smallest absolute Gasteiger partial charge is 0.0696 e. The van der Waals surface area contributed by atoms with E-state index >= 15 is 0 Å². The van der Waals surface area contributed by atoms with Crippen molar-refractivity contribution in [3.63, 3.8) is 0 Å². The zero-order valence-electron chi connectivity index (χ0n) is 11.1. The summed E-state index contributed by atoms with van der Waals surface area (Å²) < 4.78 is 0. The van der Waals surface area contributed by atoms with Gasteiger partial charge in [0.15, 0.2) is 0 Å². The lowest BCUT2D eigenvalue weighted by atomic mass is 10.1. The van der Waals surface area contributed by atoms with Gasteiger partial charge >= 0.3 is 0 Å². The highest BCUT2D eigenvalue weighted by molar-refractivity contribution is 6.31. The number of rotatable bonds is 4. The van der Waals surface area contributed by atoms with Crippen molar-refractivity contribution in [2.75, 3.05) is 32.1 Å². The predicted molar refractivity (Wildman–Crippen MR) is 76.3 cm³/mol. The average Bonchev–Trinajstić information content (AvgIpc) is 2.76. The molecule has 1 heterocycles. The summed E-state index contributed by atoms with van der Waals surface area (Å²) >= 11 is 6.16. The van der Waals surface area contributed by atoms with Crippen molar-refractivity contribution in [3.8, 4) is 0 Å². The molecule has 0 amide bonds. The molecule has 1 aliphatic heterocycles. The molecule has 0 aliphatic carbocycles. The molecule has 1 aliphatic rings. The van der Waals surface area contributed by atoms with Gasteiger partial charge in [-0.3, -0.25) is 0 Å². The molecule has 1 aromatic rings. The first-order valence-corrected chi connectivity index (χ1v) is 6.80. The van der Waals surface area contributed by atoms with Crippen LogP contribution >= 0.6 is 11.6 Å². The normalized spacial score (nSPS) is 19.8. The van der Waals surface area contributed by atoms with Crippen molar-refractivity contribution in [1.29, 1.82) is 0 Å². The van der Waals surface area contributed by atoms with Crippen molar-refractivity contribution < 1.29 is 5.11 Å². The van der Waals surface area contributed by atoms with E-state index < -0.39 is 0 Å². The molecule has 0 bridgehead atoms. The van der Waals surface area contributed by atoms with Gasteiger partial charge in [0.25, 0.3) is 0 Å². The van der Waals surface area contributed by atoms with Crippen LogP contribution < -0.4 is 4.90 Å². The van der Waals surface area contributed by atoms with Gasteiger partial charge in [-0.05, 0) is 44.6 Å². The molecule has 1 atom stereocenters. The van der Waals surface area contributed by atoms with Crippen LogP contribution in [0.3, 0.4) is 0 Å². The molecule has 0 aromatic heterocycles. The van der Waals surface area contributed by atoms with E-state index in [1.54, 1.807) is 0 Å². The van der Waals surface area contributed by atoms with E-state index in [1.165, 1.54) is 18.5 Å². The Balaban J connectivity index is 2.17. The molecule has 1 fully saturated rings. The summed E-state index contributed by atoms with van der Waals surface area (Å²) in [5.74, 6) is 0. The zero-order chi connectivity index (χ0) is 13.1. The first-order valence-electron chi connectivity index (χ1n) is 6.42. The third-order valence-electron chi connectivity index (χ3n) is 3.49. The molecular formula is C14H21ClN2O. The number of nitrogens with zero attached hydrogens (tertiary/aromatic N) is 2. The Hall–Kier alpha value is -0.770. The summed E-state index contributed by atoms with van der Waals surface area (Å²) in [6.45, 7) is 2.16. The van der Waals surface area contributed by atoms with Crippen LogP contribution in [0.5, 0.6) is 0 Å². The predicted octanol–water partition coefficient (Wildman–Crippen LogP) is 2.36. The number of hydrogen-bond donors (Lipinski definition) is 1. The molecule has 1 aromatic carbocycles. The topological polar surface area (TPSA) is 26.7 Å². The summed E-state index contributed by atoms with van der Waals surface area (Å²) in [6.07, 6.45) is 2.47. The van der Waals surface area contributed by atoms with Gasteiger partial charge in [-0.1, -0.05) is 17.7 Å². The van der Waals surface area contributed by atoms with Crippen molar-refractivity contribution >= 4 is 17.3 Å². The molecule has 0 radical (unpaired) electrons. The van der Waals surface area contributed by atoms with Crippen LogP contribution in [-0.4, -0.2) is 43.2 Å². The van der Waals surface area contributed by atoms with Gasteiger partial charge < -0.3 is 14.9 Å². The number of halogens is 1. The molecule has 0 spiro atoms. The maximum absolute atomic E-state index is 9.14. The van der Waals surface area contributed by atoms with Gasteiger partial charge in [-0.2, -0.15) is 0 Å². The molecular weight excluding hydrogens is 248 g/mol. The Morgan fingerprint density at radius 3 is 2.83 bits per heavy atom. The summed E-state index contributed by atoms with van der Waals surface area (Å²) in [4.78, 5) is 4.65. The van der Waals surface area contributed by atoms with E-state index in [1.807, 2.05) is 12.1 Å². The molecule has 1 N–H and O–H groups in total. The number of likely N-dealkylation sites (N-methyl/N-ethyl adjacent to an activating group) is 1. The van der Waals surface area contributed by atoms with Crippen molar-refractivity contribution in [2.45, 2.75) is 25.5 Å². The average molecular weight is 269 g/mol. The minimum atomic E-state index is 0.000238. The van der Waals surface area contributed by atoms with E-state index in [9.17, 15) is 0 Å². The Labute approximate surface area is 114 Å². The van der Waals surface area contributed by atoms with Crippen molar-refractivity contribution in [2.24, 2.45) is 0 Å². The molecule has 1 saturated heterocycles. The molecule has 2 rings (SSSR count). The summed E-state index contributed by atoms with van der Waals surface area (Å²) in [5, 5.41) is 9.80. The fourth-order valence-electron chi connectivity index (χ4n) is 2.63. The number of aliphatic hydroxyl groups excluding tert-OH is 1. The van der Waals surface area contributed by atoms with Crippen molar-refractivity contribution in [1.82, 2.24) is 4.90 Å². The minimum absolute atomic E-state index is 0.000238. The van der Waals surface area contributed by atoms with Gasteiger partial charge in [-0.15, -0.1) is 0 Å². The maximum atomic E-state index is 9.14. The van der Waals surface area contributed by atoms with Crippen molar-refractivity contribution in [3.05, 3.63) is 28.8 Å². The Morgan fingerprint density at radius 2 is 2.22 bits per heavy atom. The van der Waals surface area contributed by atoms with Crippen LogP contribution in [0, 0.1) is 0 Å². The number of benzene rings is 1. The van der Waals surface area contributed by atoms with E-state index in [-0.39, 0.29) is 6.61 Å². The fraction of sp³-hybridized carbons (Fsp3) is 0.571. The quantitative estimate of drug-likeness (QED) is 0.908. The highest BCUT2D eigenvalue weighted by Gasteiger charge is 2.25.